The van der Waals surface area contributed by atoms with Crippen LogP contribution in [0.15, 0.2) is 72.8 Å². The number of benzene rings is 3. The first-order chi connectivity index (χ1) is 19.2. The van der Waals surface area contributed by atoms with Gasteiger partial charge in [-0.2, -0.15) is 0 Å². The molecule has 2 aliphatic heterocycles. The molecule has 0 saturated carbocycles. The summed E-state index contributed by atoms with van der Waals surface area (Å²) in [7, 11) is 0. The van der Waals surface area contributed by atoms with Gasteiger partial charge in [-0.05, 0) is 45.5 Å². The van der Waals surface area contributed by atoms with Crippen molar-refractivity contribution in [2.75, 3.05) is 13.2 Å². The van der Waals surface area contributed by atoms with Crippen molar-refractivity contribution in [1.29, 1.82) is 0 Å². The predicted octanol–water partition coefficient (Wildman–Crippen LogP) is 0.0504. The Morgan fingerprint density at radius 1 is 0.450 bits per heavy atom. The summed E-state index contributed by atoms with van der Waals surface area (Å²) in [5.74, 6) is 0. The highest BCUT2D eigenvalue weighted by Gasteiger charge is 2.45. The molecule has 214 valence electrons. The second-order valence-electron chi connectivity index (χ2n) is 10.3. The zero-order chi connectivity index (χ0) is 28.6. The minimum atomic E-state index is -1.46. The lowest BCUT2D eigenvalue weighted by Crippen LogP contribution is -2.55. The highest BCUT2D eigenvalue weighted by Crippen LogP contribution is 2.36. The van der Waals surface area contributed by atoms with Crippen LogP contribution in [0, 0.1) is 0 Å². The van der Waals surface area contributed by atoms with Crippen LogP contribution in [0.1, 0.15) is 23.3 Å². The molecule has 0 spiro atoms. The summed E-state index contributed by atoms with van der Waals surface area (Å²) in [6.45, 7) is -1.000. The van der Waals surface area contributed by atoms with E-state index in [4.69, 9.17) is 9.47 Å². The molecule has 0 radical (unpaired) electrons. The smallest absolute Gasteiger partial charge is 0.113 e. The third kappa shape index (κ3) is 5.44. The number of aliphatic hydroxyl groups excluding tert-OH is 8. The molecule has 10 heteroatoms. The molecule has 0 amide bonds. The predicted molar refractivity (Wildman–Crippen MR) is 143 cm³/mol. The first-order valence-corrected chi connectivity index (χ1v) is 13.1. The molecule has 2 aliphatic rings. The summed E-state index contributed by atoms with van der Waals surface area (Å²) in [5, 5.41) is 80.5. The van der Waals surface area contributed by atoms with E-state index in [2.05, 4.69) is 0 Å². The van der Waals surface area contributed by atoms with Crippen LogP contribution in [-0.4, -0.2) is 103 Å². The molecule has 10 atom stereocenters. The number of hydrogen-bond acceptors (Lipinski definition) is 10. The maximum atomic E-state index is 10.5. The van der Waals surface area contributed by atoms with Crippen molar-refractivity contribution in [2.24, 2.45) is 0 Å². The van der Waals surface area contributed by atoms with Gasteiger partial charge in [-0.15, -0.1) is 0 Å². The van der Waals surface area contributed by atoms with Crippen LogP contribution in [0.5, 0.6) is 0 Å². The van der Waals surface area contributed by atoms with Gasteiger partial charge < -0.3 is 50.3 Å². The Hall–Kier alpha value is -2.74. The van der Waals surface area contributed by atoms with E-state index in [1.54, 1.807) is 24.3 Å². The van der Waals surface area contributed by atoms with Gasteiger partial charge in [-0.3, -0.25) is 0 Å². The van der Waals surface area contributed by atoms with Gasteiger partial charge in [-0.1, -0.05) is 60.7 Å². The summed E-state index contributed by atoms with van der Waals surface area (Å²) >= 11 is 0. The highest BCUT2D eigenvalue weighted by atomic mass is 16.6. The van der Waals surface area contributed by atoms with Crippen LogP contribution in [0.4, 0.5) is 0 Å². The van der Waals surface area contributed by atoms with Crippen molar-refractivity contribution in [3.8, 4) is 22.3 Å². The molecule has 40 heavy (non-hydrogen) atoms. The normalized spacial score (nSPS) is 34.5. The summed E-state index contributed by atoms with van der Waals surface area (Å²) in [5.41, 5.74) is 4.59. The third-order valence-corrected chi connectivity index (χ3v) is 7.77. The van der Waals surface area contributed by atoms with Gasteiger partial charge >= 0.3 is 0 Å². The fourth-order valence-corrected chi connectivity index (χ4v) is 5.40. The Balaban J connectivity index is 1.36. The van der Waals surface area contributed by atoms with E-state index in [0.717, 1.165) is 22.3 Å². The molecule has 2 fully saturated rings. The quantitative estimate of drug-likeness (QED) is 0.207. The average molecular weight is 555 g/mol. The Labute approximate surface area is 230 Å². The number of ether oxygens (including phenoxy) is 2. The van der Waals surface area contributed by atoms with Crippen LogP contribution in [-0.2, 0) is 9.47 Å². The van der Waals surface area contributed by atoms with E-state index in [9.17, 15) is 40.9 Å². The molecule has 8 N–H and O–H groups in total. The SMILES string of the molecule is OC[C@H]1O[C@H](c2cccc(-c3ccc(-c4cccc([C@H]5O[C@H](CO)[C@@H](O)[C@H](O)[C@@H]5O)c4)cc3)c2)[C@@H](O)[C@@H](O)[C@@H]1O. The Kier molecular flexibility index (Phi) is 8.64. The van der Waals surface area contributed by atoms with Gasteiger partial charge in [0, 0.05) is 0 Å². The molecule has 3 aromatic carbocycles. The lowest BCUT2D eigenvalue weighted by atomic mass is 9.89. The van der Waals surface area contributed by atoms with Crippen LogP contribution in [0.2, 0.25) is 0 Å². The highest BCUT2D eigenvalue weighted by molar-refractivity contribution is 5.71. The fraction of sp³-hybridized carbons (Fsp3) is 0.400. The second kappa shape index (κ2) is 12.0. The van der Waals surface area contributed by atoms with Crippen molar-refractivity contribution in [1.82, 2.24) is 0 Å². The Bertz CT molecular complexity index is 1180. The van der Waals surface area contributed by atoms with Crippen LogP contribution < -0.4 is 0 Å². The van der Waals surface area contributed by atoms with Gasteiger partial charge in [0.15, 0.2) is 0 Å². The Morgan fingerprint density at radius 3 is 1.18 bits per heavy atom. The van der Waals surface area contributed by atoms with Crippen LogP contribution >= 0.6 is 0 Å². The van der Waals surface area contributed by atoms with Crippen LogP contribution in [0.3, 0.4) is 0 Å². The number of rotatable bonds is 6. The first kappa shape index (κ1) is 28.8. The molecule has 0 aliphatic carbocycles. The zero-order valence-corrected chi connectivity index (χ0v) is 21.5. The lowest BCUT2D eigenvalue weighted by molar-refractivity contribution is -0.231. The topological polar surface area (TPSA) is 180 Å². The van der Waals surface area contributed by atoms with Crippen molar-refractivity contribution < 1.29 is 50.3 Å². The van der Waals surface area contributed by atoms with Crippen molar-refractivity contribution in [3.63, 3.8) is 0 Å². The van der Waals surface area contributed by atoms with E-state index in [-0.39, 0.29) is 0 Å². The van der Waals surface area contributed by atoms with Crippen LogP contribution in [0.25, 0.3) is 22.3 Å². The second-order valence-corrected chi connectivity index (χ2v) is 10.3. The van der Waals surface area contributed by atoms with Crippen molar-refractivity contribution in [2.45, 2.75) is 61.0 Å². The van der Waals surface area contributed by atoms with Gasteiger partial charge in [0.1, 0.15) is 61.0 Å². The summed E-state index contributed by atoms with van der Waals surface area (Å²) in [4.78, 5) is 0. The van der Waals surface area contributed by atoms with E-state index in [1.807, 2.05) is 48.5 Å². The average Bonchev–Trinajstić information content (AvgIpc) is 2.99. The maximum absolute atomic E-state index is 10.5. The molecule has 5 rings (SSSR count). The van der Waals surface area contributed by atoms with Gasteiger partial charge in [-0.25, -0.2) is 0 Å². The molecule has 2 saturated heterocycles. The molecular weight excluding hydrogens is 520 g/mol. The maximum Gasteiger partial charge on any atom is 0.113 e. The summed E-state index contributed by atoms with van der Waals surface area (Å²) in [6.07, 6.45) is -12.4. The van der Waals surface area contributed by atoms with E-state index in [0.29, 0.717) is 11.1 Å². The molecule has 2 heterocycles. The molecule has 0 unspecified atom stereocenters. The minimum absolute atomic E-state index is 0.500. The molecule has 0 aromatic heterocycles. The van der Waals surface area contributed by atoms with E-state index < -0.39 is 74.3 Å². The number of hydrogen-bond donors (Lipinski definition) is 8. The van der Waals surface area contributed by atoms with Gasteiger partial charge in [0.05, 0.1) is 13.2 Å². The molecule has 10 nitrogen and oxygen atoms in total. The molecule has 3 aromatic rings. The standard InChI is InChI=1S/C30H34O10/c31-13-21-23(33)25(35)27(37)29(39-21)19-5-1-3-17(11-19)15-7-9-16(10-8-15)18-4-2-6-20(12-18)30-28(38)26(36)24(34)22(14-32)40-30/h1-12,21-38H,13-14H2/t21-,22-,23-,24-,25+,26+,27+,28+,29-,30-/m1/s1. The molecule has 0 bridgehead atoms. The molecular formula is C30H34O10. The van der Waals surface area contributed by atoms with Crippen molar-refractivity contribution >= 4 is 0 Å². The van der Waals surface area contributed by atoms with E-state index >= 15 is 0 Å². The monoisotopic (exact) mass is 554 g/mol. The van der Waals surface area contributed by atoms with Gasteiger partial charge in [0.25, 0.3) is 0 Å². The largest absolute Gasteiger partial charge is 0.394 e. The lowest BCUT2D eigenvalue weighted by Gasteiger charge is -2.40. The van der Waals surface area contributed by atoms with Gasteiger partial charge in [0.2, 0.25) is 0 Å². The first-order valence-electron chi connectivity index (χ1n) is 13.1. The summed E-state index contributed by atoms with van der Waals surface area (Å²) < 4.78 is 11.4. The Morgan fingerprint density at radius 2 is 0.825 bits per heavy atom. The zero-order valence-electron chi connectivity index (χ0n) is 21.5. The number of aliphatic hydroxyl groups is 8. The van der Waals surface area contributed by atoms with E-state index in [1.165, 1.54) is 0 Å². The van der Waals surface area contributed by atoms with Crippen molar-refractivity contribution in [3.05, 3.63) is 83.9 Å². The minimum Gasteiger partial charge on any atom is -0.394 e. The summed E-state index contributed by atoms with van der Waals surface area (Å²) in [6, 6.07) is 22.2. The fourth-order valence-electron chi connectivity index (χ4n) is 5.40. The third-order valence-electron chi connectivity index (χ3n) is 7.77.